The number of nitrogens with one attached hydrogen (secondary N) is 1. The van der Waals surface area contributed by atoms with Crippen molar-refractivity contribution < 1.29 is 9.26 Å². The largest absolute Gasteiger partial charge is 0.494 e. The highest BCUT2D eigenvalue weighted by Crippen LogP contribution is 2.13. The van der Waals surface area contributed by atoms with Gasteiger partial charge in [0, 0.05) is 13.5 Å². The van der Waals surface area contributed by atoms with Crippen molar-refractivity contribution in [1.82, 2.24) is 15.5 Å². The Kier molecular flexibility index (Phi) is 5.75. The van der Waals surface area contributed by atoms with Gasteiger partial charge in [-0.1, -0.05) is 31.1 Å². The molecule has 114 valence electrons. The number of aryl methyl sites for hydroxylation is 1. The Hall–Kier alpha value is -1.88. The SMILES string of the molecule is Cc1nc(CNCc2ccc(OCCC(C)C)cc2)no1. The molecule has 0 aliphatic rings. The van der Waals surface area contributed by atoms with Gasteiger partial charge in [-0.3, -0.25) is 0 Å². The Morgan fingerprint density at radius 3 is 2.57 bits per heavy atom. The molecule has 0 amide bonds. The average molecular weight is 289 g/mol. The van der Waals surface area contributed by atoms with Crippen LogP contribution in [0.4, 0.5) is 0 Å². The second-order valence-electron chi connectivity index (χ2n) is 5.51. The fraction of sp³-hybridized carbons (Fsp3) is 0.500. The predicted molar refractivity (Wildman–Crippen MR) is 81.0 cm³/mol. The maximum absolute atomic E-state index is 5.70. The molecule has 5 nitrogen and oxygen atoms in total. The fourth-order valence-electron chi connectivity index (χ4n) is 1.85. The lowest BCUT2D eigenvalue weighted by Crippen LogP contribution is -2.13. The van der Waals surface area contributed by atoms with Crippen LogP contribution in [0, 0.1) is 12.8 Å². The minimum atomic E-state index is 0.592. The third-order valence-corrected chi connectivity index (χ3v) is 3.07. The first-order valence-corrected chi connectivity index (χ1v) is 7.35. The summed E-state index contributed by atoms with van der Waals surface area (Å²) >= 11 is 0. The minimum Gasteiger partial charge on any atom is -0.494 e. The zero-order chi connectivity index (χ0) is 15.1. The molecule has 0 atom stereocenters. The lowest BCUT2D eigenvalue weighted by atomic mass is 10.1. The van der Waals surface area contributed by atoms with Gasteiger partial charge in [0.15, 0.2) is 5.82 Å². The molecule has 0 saturated carbocycles. The van der Waals surface area contributed by atoms with Gasteiger partial charge in [-0.05, 0) is 30.0 Å². The van der Waals surface area contributed by atoms with Crippen LogP contribution in [0.2, 0.25) is 0 Å². The van der Waals surface area contributed by atoms with Crippen molar-refractivity contribution in [1.29, 1.82) is 0 Å². The van der Waals surface area contributed by atoms with E-state index < -0.39 is 0 Å². The molecular formula is C16H23N3O2. The van der Waals surface area contributed by atoms with Crippen molar-refractivity contribution in [3.8, 4) is 5.75 Å². The van der Waals surface area contributed by atoms with Gasteiger partial charge in [0.05, 0.1) is 13.2 Å². The van der Waals surface area contributed by atoms with Crippen molar-refractivity contribution in [3.05, 3.63) is 41.5 Å². The molecule has 1 aromatic carbocycles. The van der Waals surface area contributed by atoms with Gasteiger partial charge >= 0.3 is 0 Å². The Bertz CT molecular complexity index is 535. The van der Waals surface area contributed by atoms with Gasteiger partial charge in [0.25, 0.3) is 0 Å². The first kappa shape index (κ1) is 15.5. The highest BCUT2D eigenvalue weighted by Gasteiger charge is 2.02. The molecule has 2 aromatic rings. The molecule has 5 heteroatoms. The number of benzene rings is 1. The lowest BCUT2D eigenvalue weighted by Gasteiger charge is -2.09. The van der Waals surface area contributed by atoms with Gasteiger partial charge in [-0.25, -0.2) is 0 Å². The molecule has 0 aliphatic carbocycles. The minimum absolute atomic E-state index is 0.592. The summed E-state index contributed by atoms with van der Waals surface area (Å²) in [5, 5.41) is 7.12. The fourth-order valence-corrected chi connectivity index (χ4v) is 1.85. The van der Waals surface area contributed by atoms with Crippen molar-refractivity contribution in [2.75, 3.05) is 6.61 Å². The molecule has 0 aliphatic heterocycles. The number of rotatable bonds is 8. The Morgan fingerprint density at radius 1 is 1.19 bits per heavy atom. The molecule has 1 heterocycles. The highest BCUT2D eigenvalue weighted by molar-refractivity contribution is 5.27. The second-order valence-corrected chi connectivity index (χ2v) is 5.51. The Labute approximate surface area is 125 Å². The first-order chi connectivity index (χ1) is 10.1. The summed E-state index contributed by atoms with van der Waals surface area (Å²) < 4.78 is 10.6. The molecule has 0 unspecified atom stereocenters. The lowest BCUT2D eigenvalue weighted by molar-refractivity contribution is 0.289. The molecule has 0 spiro atoms. The van der Waals surface area contributed by atoms with Gasteiger partial charge in [-0.2, -0.15) is 4.98 Å². The summed E-state index contributed by atoms with van der Waals surface area (Å²) in [6.07, 6.45) is 1.08. The molecule has 1 N–H and O–H groups in total. The van der Waals surface area contributed by atoms with E-state index in [2.05, 4.69) is 41.4 Å². The number of nitrogens with zero attached hydrogens (tertiary/aromatic N) is 2. The van der Waals surface area contributed by atoms with Crippen molar-refractivity contribution in [3.63, 3.8) is 0 Å². The zero-order valence-electron chi connectivity index (χ0n) is 12.9. The smallest absolute Gasteiger partial charge is 0.223 e. The van der Waals surface area contributed by atoms with Gasteiger partial charge in [-0.15, -0.1) is 0 Å². The molecule has 2 rings (SSSR count). The number of hydrogen-bond donors (Lipinski definition) is 1. The quantitative estimate of drug-likeness (QED) is 0.809. The van der Waals surface area contributed by atoms with Crippen LogP contribution in [0.15, 0.2) is 28.8 Å². The maximum atomic E-state index is 5.70. The number of aromatic nitrogens is 2. The van der Waals surface area contributed by atoms with Crippen LogP contribution in [-0.2, 0) is 13.1 Å². The van der Waals surface area contributed by atoms with E-state index in [1.165, 1.54) is 5.56 Å². The molecule has 0 bridgehead atoms. The van der Waals surface area contributed by atoms with E-state index in [1.54, 1.807) is 6.92 Å². The van der Waals surface area contributed by atoms with Gasteiger partial charge in [0.1, 0.15) is 5.75 Å². The molecular weight excluding hydrogens is 266 g/mol. The van der Waals surface area contributed by atoms with E-state index in [9.17, 15) is 0 Å². The molecule has 0 fully saturated rings. The monoisotopic (exact) mass is 289 g/mol. The summed E-state index contributed by atoms with van der Waals surface area (Å²) in [7, 11) is 0. The summed E-state index contributed by atoms with van der Waals surface area (Å²) in [6.45, 7) is 8.32. The molecule has 21 heavy (non-hydrogen) atoms. The maximum Gasteiger partial charge on any atom is 0.223 e. The number of ether oxygens (including phenoxy) is 1. The van der Waals surface area contributed by atoms with Crippen LogP contribution in [0.3, 0.4) is 0 Å². The zero-order valence-corrected chi connectivity index (χ0v) is 12.9. The Morgan fingerprint density at radius 2 is 1.95 bits per heavy atom. The normalized spacial score (nSPS) is 11.0. The first-order valence-electron chi connectivity index (χ1n) is 7.35. The Balaban J connectivity index is 1.72. The topological polar surface area (TPSA) is 60.2 Å². The summed E-state index contributed by atoms with van der Waals surface area (Å²) in [6, 6.07) is 8.16. The van der Waals surface area contributed by atoms with Gasteiger partial charge < -0.3 is 14.6 Å². The van der Waals surface area contributed by atoms with Crippen LogP contribution in [-0.4, -0.2) is 16.7 Å². The van der Waals surface area contributed by atoms with E-state index >= 15 is 0 Å². The van der Waals surface area contributed by atoms with Crippen molar-refractivity contribution in [2.45, 2.75) is 40.3 Å². The van der Waals surface area contributed by atoms with E-state index in [0.29, 0.717) is 24.2 Å². The highest BCUT2D eigenvalue weighted by atomic mass is 16.5. The van der Waals surface area contributed by atoms with E-state index in [1.807, 2.05) is 12.1 Å². The predicted octanol–water partition coefficient (Wildman–Crippen LogP) is 3.09. The molecule has 1 aromatic heterocycles. The van der Waals surface area contributed by atoms with Crippen LogP contribution >= 0.6 is 0 Å². The second kappa shape index (κ2) is 7.78. The van der Waals surface area contributed by atoms with Crippen LogP contribution in [0.5, 0.6) is 5.75 Å². The van der Waals surface area contributed by atoms with Crippen molar-refractivity contribution >= 4 is 0 Å². The third-order valence-electron chi connectivity index (χ3n) is 3.07. The van der Waals surface area contributed by atoms with E-state index in [-0.39, 0.29) is 0 Å². The average Bonchev–Trinajstić information content (AvgIpc) is 2.86. The molecule has 0 saturated heterocycles. The summed E-state index contributed by atoms with van der Waals surface area (Å²) in [5.74, 6) is 2.87. The third kappa shape index (κ3) is 5.55. The van der Waals surface area contributed by atoms with E-state index in [4.69, 9.17) is 9.26 Å². The van der Waals surface area contributed by atoms with Crippen LogP contribution < -0.4 is 10.1 Å². The van der Waals surface area contributed by atoms with Crippen LogP contribution in [0.25, 0.3) is 0 Å². The summed E-state index contributed by atoms with van der Waals surface area (Å²) in [5.41, 5.74) is 1.20. The van der Waals surface area contributed by atoms with Crippen LogP contribution in [0.1, 0.15) is 37.5 Å². The van der Waals surface area contributed by atoms with Gasteiger partial charge in [0.2, 0.25) is 5.89 Å². The molecule has 0 radical (unpaired) electrons. The summed E-state index contributed by atoms with van der Waals surface area (Å²) in [4.78, 5) is 4.14. The standard InChI is InChI=1S/C16H23N3O2/c1-12(2)8-9-20-15-6-4-14(5-7-15)10-17-11-16-18-13(3)21-19-16/h4-7,12,17H,8-11H2,1-3H3. The number of hydrogen-bond acceptors (Lipinski definition) is 5. The van der Waals surface area contributed by atoms with E-state index in [0.717, 1.165) is 25.3 Å². The van der Waals surface area contributed by atoms with Crippen molar-refractivity contribution in [2.24, 2.45) is 5.92 Å².